The van der Waals surface area contributed by atoms with Crippen LogP contribution in [0.4, 0.5) is 4.39 Å². The van der Waals surface area contributed by atoms with Crippen molar-refractivity contribution in [2.75, 3.05) is 19.8 Å². The number of allylic oxidation sites excluding steroid dienone is 2. The van der Waals surface area contributed by atoms with Crippen molar-refractivity contribution < 1.29 is 29.3 Å². The smallest absolute Gasteiger partial charge is 0.142 e. The zero-order valence-electron chi connectivity index (χ0n) is 21.8. The van der Waals surface area contributed by atoms with Gasteiger partial charge in [0, 0.05) is 35.8 Å². The lowest BCUT2D eigenvalue weighted by Crippen LogP contribution is -2.29. The molecule has 0 aromatic heterocycles. The highest BCUT2D eigenvalue weighted by atomic mass is 35.5. The van der Waals surface area contributed by atoms with E-state index in [1.807, 2.05) is 12.1 Å². The lowest BCUT2D eigenvalue weighted by molar-refractivity contribution is 0.0941. The van der Waals surface area contributed by atoms with Crippen molar-refractivity contribution in [2.24, 2.45) is 5.16 Å². The van der Waals surface area contributed by atoms with E-state index >= 15 is 0 Å². The number of aliphatic hydroxyl groups is 2. The molecule has 0 saturated heterocycles. The number of rotatable bonds is 12. The summed E-state index contributed by atoms with van der Waals surface area (Å²) in [5.41, 5.74) is 3.53. The van der Waals surface area contributed by atoms with E-state index in [1.165, 1.54) is 24.3 Å². The zero-order valence-corrected chi connectivity index (χ0v) is 23.3. The second-order valence-corrected chi connectivity index (χ2v) is 9.96. The van der Waals surface area contributed by atoms with Gasteiger partial charge in [0.2, 0.25) is 0 Å². The van der Waals surface area contributed by atoms with Crippen LogP contribution in [0.2, 0.25) is 10.0 Å². The fraction of sp³-hybridized carbons (Fsp3) is 0.200. The third kappa shape index (κ3) is 7.93. The topological polar surface area (TPSA) is 127 Å². The summed E-state index contributed by atoms with van der Waals surface area (Å²) in [6.45, 7) is 0.237. The van der Waals surface area contributed by atoms with Crippen LogP contribution in [0.5, 0.6) is 11.5 Å². The Hall–Kier alpha value is -3.73. The van der Waals surface area contributed by atoms with Gasteiger partial charge in [-0.05, 0) is 41.5 Å². The number of hydrogen-bond acceptors (Lipinski definition) is 8. The van der Waals surface area contributed by atoms with Crippen LogP contribution >= 0.6 is 23.2 Å². The molecule has 41 heavy (non-hydrogen) atoms. The molecule has 5 N–H and O–H groups in total. The van der Waals surface area contributed by atoms with Crippen molar-refractivity contribution in [2.45, 2.75) is 19.3 Å². The van der Waals surface area contributed by atoms with Gasteiger partial charge in [-0.1, -0.05) is 64.8 Å². The first-order chi connectivity index (χ1) is 19.8. The van der Waals surface area contributed by atoms with E-state index in [4.69, 9.17) is 48.4 Å². The molecule has 4 rings (SSSR count). The molecule has 0 bridgehead atoms. The second-order valence-electron chi connectivity index (χ2n) is 9.18. The first-order valence-corrected chi connectivity index (χ1v) is 13.3. The van der Waals surface area contributed by atoms with E-state index in [1.54, 1.807) is 36.4 Å². The first-order valence-electron chi connectivity index (χ1n) is 12.6. The molecular weight excluding hydrogens is 572 g/mol. The summed E-state index contributed by atoms with van der Waals surface area (Å²) in [7, 11) is 0. The largest absolute Gasteiger partial charge is 0.488 e. The maximum atomic E-state index is 13.8. The quantitative estimate of drug-likeness (QED) is 0.106. The highest BCUT2D eigenvalue weighted by Gasteiger charge is 2.16. The summed E-state index contributed by atoms with van der Waals surface area (Å²) in [5, 5.41) is 42.5. The van der Waals surface area contributed by atoms with Crippen molar-refractivity contribution in [3.63, 3.8) is 0 Å². The number of ether oxygens (including phenoxy) is 2. The fourth-order valence-corrected chi connectivity index (χ4v) is 4.57. The number of benzene rings is 3. The van der Waals surface area contributed by atoms with Crippen LogP contribution in [0.1, 0.15) is 11.1 Å². The number of hydrogen-bond donors (Lipinski definition) is 5. The van der Waals surface area contributed by atoms with Crippen LogP contribution < -0.4 is 14.8 Å². The van der Waals surface area contributed by atoms with Gasteiger partial charge in [0.05, 0.1) is 28.5 Å². The average molecular weight is 600 g/mol. The molecule has 0 saturated carbocycles. The number of aliphatic hydroxyl groups excluding tert-OH is 2. The molecule has 0 fully saturated rings. The van der Waals surface area contributed by atoms with Gasteiger partial charge in [0.15, 0.2) is 0 Å². The number of oxime groups is 1. The minimum absolute atomic E-state index is 0.0472. The van der Waals surface area contributed by atoms with Crippen LogP contribution in [0.25, 0.3) is 11.1 Å². The molecule has 11 heteroatoms. The Morgan fingerprint density at radius 3 is 2.49 bits per heavy atom. The Balaban J connectivity index is 1.54. The summed E-state index contributed by atoms with van der Waals surface area (Å²) in [5.74, 6) is 0.416. The summed E-state index contributed by atoms with van der Waals surface area (Å²) < 4.78 is 25.9. The Morgan fingerprint density at radius 2 is 1.76 bits per heavy atom. The molecule has 3 aromatic rings. The maximum absolute atomic E-state index is 13.8. The summed E-state index contributed by atoms with van der Waals surface area (Å²) in [6, 6.07) is 14.9. The van der Waals surface area contributed by atoms with Gasteiger partial charge in [-0.15, -0.1) is 0 Å². The Morgan fingerprint density at radius 1 is 0.976 bits per heavy atom. The van der Waals surface area contributed by atoms with Gasteiger partial charge in [0.25, 0.3) is 0 Å². The average Bonchev–Trinajstić information content (AvgIpc) is 2.96. The second kappa shape index (κ2) is 14.2. The van der Waals surface area contributed by atoms with Crippen LogP contribution in [0.3, 0.4) is 0 Å². The molecule has 0 radical (unpaired) electrons. The Labute approximate surface area is 246 Å². The highest BCUT2D eigenvalue weighted by molar-refractivity contribution is 6.50. The van der Waals surface area contributed by atoms with Crippen LogP contribution in [0, 0.1) is 11.2 Å². The lowest BCUT2D eigenvalue weighted by atomic mass is 10.0. The first kappa shape index (κ1) is 30.2. The fourth-order valence-electron chi connectivity index (χ4n) is 4.04. The predicted octanol–water partition coefficient (Wildman–Crippen LogP) is 5.55. The molecule has 1 aliphatic rings. The van der Waals surface area contributed by atoms with E-state index in [9.17, 15) is 9.50 Å². The number of nitrogens with zero attached hydrogens (tertiary/aromatic N) is 1. The van der Waals surface area contributed by atoms with E-state index in [-0.39, 0.29) is 50.2 Å². The molecular formula is C30H28Cl2FN3O5. The predicted molar refractivity (Wildman–Crippen MR) is 157 cm³/mol. The van der Waals surface area contributed by atoms with Gasteiger partial charge in [-0.2, -0.15) is 0 Å². The molecule has 1 aliphatic carbocycles. The molecule has 8 nitrogen and oxygen atoms in total. The van der Waals surface area contributed by atoms with Crippen molar-refractivity contribution in [1.29, 1.82) is 5.41 Å². The van der Waals surface area contributed by atoms with Gasteiger partial charge >= 0.3 is 0 Å². The number of nitrogens with one attached hydrogen (secondary N) is 2. The SMILES string of the molecule is N=C1C=C(COc2cc(OCc3cccc(-c4cccc(F)c4)c3Cl)c(Cl)cc2CNCC(O)CO)C=C/C1=N/O. The van der Waals surface area contributed by atoms with Crippen molar-refractivity contribution >= 4 is 34.6 Å². The molecule has 0 spiro atoms. The highest BCUT2D eigenvalue weighted by Crippen LogP contribution is 2.36. The summed E-state index contributed by atoms with van der Waals surface area (Å²) in [6.07, 6.45) is 3.81. The normalized spacial score (nSPS) is 14.7. The lowest BCUT2D eigenvalue weighted by Gasteiger charge is -2.18. The van der Waals surface area contributed by atoms with Crippen molar-refractivity contribution in [3.8, 4) is 22.6 Å². The van der Waals surface area contributed by atoms with Crippen molar-refractivity contribution in [3.05, 3.63) is 105 Å². The Bertz CT molecular complexity index is 1510. The van der Waals surface area contributed by atoms with Crippen LogP contribution in [0.15, 0.2) is 83.6 Å². The molecule has 0 heterocycles. The summed E-state index contributed by atoms with van der Waals surface area (Å²) in [4.78, 5) is 0. The van der Waals surface area contributed by atoms with E-state index in [0.29, 0.717) is 49.4 Å². The minimum atomic E-state index is -0.920. The minimum Gasteiger partial charge on any atom is -0.488 e. The van der Waals surface area contributed by atoms with E-state index in [0.717, 1.165) is 0 Å². The third-order valence-electron chi connectivity index (χ3n) is 6.18. The van der Waals surface area contributed by atoms with Crippen molar-refractivity contribution in [1.82, 2.24) is 5.32 Å². The molecule has 3 aromatic carbocycles. The van der Waals surface area contributed by atoms with E-state index < -0.39 is 6.10 Å². The zero-order chi connectivity index (χ0) is 29.4. The summed E-state index contributed by atoms with van der Waals surface area (Å²) >= 11 is 13.2. The van der Waals surface area contributed by atoms with E-state index in [2.05, 4.69) is 10.5 Å². The van der Waals surface area contributed by atoms with Crippen LogP contribution in [-0.2, 0) is 13.2 Å². The maximum Gasteiger partial charge on any atom is 0.142 e. The van der Waals surface area contributed by atoms with Gasteiger partial charge in [0.1, 0.15) is 36.2 Å². The molecule has 0 aliphatic heterocycles. The number of halogens is 3. The standard InChI is InChI=1S/C30H28Cl2FN3O5/c31-25-11-21(13-35-14-23(38)15-37)28(40-16-18-7-8-27(36-39)26(34)9-18)12-29(25)41-17-20-4-2-6-24(30(20)32)19-3-1-5-22(33)10-19/h1-12,23,34-35,37-39H,13-17H2/b34-26?,36-27-. The molecule has 1 unspecified atom stereocenters. The van der Waals surface area contributed by atoms with Gasteiger partial charge < -0.3 is 30.2 Å². The monoisotopic (exact) mass is 599 g/mol. The van der Waals surface area contributed by atoms with Gasteiger partial charge in [-0.25, -0.2) is 4.39 Å². The Kier molecular flexibility index (Phi) is 10.5. The molecule has 214 valence electrons. The van der Waals surface area contributed by atoms with Crippen LogP contribution in [-0.4, -0.2) is 52.7 Å². The molecule has 0 amide bonds. The van der Waals surface area contributed by atoms with Gasteiger partial charge in [-0.3, -0.25) is 5.41 Å². The molecule has 1 atom stereocenters. The third-order valence-corrected chi connectivity index (χ3v) is 6.92.